The van der Waals surface area contributed by atoms with E-state index in [4.69, 9.17) is 9.47 Å². The minimum Gasteiger partial charge on any atom is -0.445 e. The molecule has 4 rings (SSSR count). The highest BCUT2D eigenvalue weighted by atomic mass is 32.2. The Labute approximate surface area is 170 Å². The summed E-state index contributed by atoms with van der Waals surface area (Å²) in [5, 5.41) is 0. The lowest BCUT2D eigenvalue weighted by Crippen LogP contribution is -2.56. The molecule has 0 spiro atoms. The highest BCUT2D eigenvalue weighted by molar-refractivity contribution is 7.90. The van der Waals surface area contributed by atoms with E-state index in [0.717, 1.165) is 16.7 Å². The van der Waals surface area contributed by atoms with Crippen LogP contribution in [0, 0.1) is 0 Å². The number of hydrogen-bond donors (Lipinski definition) is 0. The third-order valence-electron chi connectivity index (χ3n) is 5.27. The first-order valence-electron chi connectivity index (χ1n) is 9.50. The van der Waals surface area contributed by atoms with Crippen LogP contribution in [0.25, 0.3) is 5.57 Å². The van der Waals surface area contributed by atoms with Crippen LogP contribution in [0.4, 0.5) is 4.79 Å². The highest BCUT2D eigenvalue weighted by Gasteiger charge is 2.39. The molecule has 1 saturated heterocycles. The maximum Gasteiger partial charge on any atom is 0.411 e. The zero-order valence-electron chi connectivity index (χ0n) is 16.2. The van der Waals surface area contributed by atoms with E-state index in [2.05, 4.69) is 0 Å². The average Bonchev–Trinajstić information content (AvgIpc) is 2.71. The van der Waals surface area contributed by atoms with Crippen molar-refractivity contribution in [2.24, 2.45) is 0 Å². The number of amides is 1. The van der Waals surface area contributed by atoms with Crippen LogP contribution in [0.15, 0.2) is 65.6 Å². The van der Waals surface area contributed by atoms with Crippen molar-refractivity contribution in [2.45, 2.75) is 30.0 Å². The predicted octanol–water partition coefficient (Wildman–Crippen LogP) is 3.28. The second-order valence-corrected chi connectivity index (χ2v) is 9.41. The Hall–Kier alpha value is -2.64. The van der Waals surface area contributed by atoms with Gasteiger partial charge in [0, 0.05) is 6.26 Å². The third-order valence-corrected chi connectivity index (χ3v) is 6.40. The smallest absolute Gasteiger partial charge is 0.411 e. The van der Waals surface area contributed by atoms with Gasteiger partial charge in [-0.1, -0.05) is 48.5 Å². The van der Waals surface area contributed by atoms with E-state index in [1.165, 1.54) is 6.26 Å². The molecule has 0 N–H and O–H groups in total. The largest absolute Gasteiger partial charge is 0.445 e. The van der Waals surface area contributed by atoms with Crippen molar-refractivity contribution >= 4 is 21.5 Å². The van der Waals surface area contributed by atoms with Gasteiger partial charge in [-0.3, -0.25) is 4.90 Å². The maximum absolute atomic E-state index is 12.7. The Morgan fingerprint density at radius 3 is 2.48 bits per heavy atom. The van der Waals surface area contributed by atoms with Crippen LogP contribution in [0.3, 0.4) is 0 Å². The van der Waals surface area contributed by atoms with Crippen molar-refractivity contribution in [1.82, 2.24) is 4.90 Å². The quantitative estimate of drug-likeness (QED) is 0.769. The number of sulfone groups is 1. The molecule has 0 radical (unpaired) electrons. The van der Waals surface area contributed by atoms with Crippen LogP contribution in [-0.4, -0.2) is 51.0 Å². The maximum atomic E-state index is 12.7. The van der Waals surface area contributed by atoms with Crippen molar-refractivity contribution in [3.05, 3.63) is 71.8 Å². The molecule has 2 bridgehead atoms. The number of morpholine rings is 1. The Morgan fingerprint density at radius 2 is 1.83 bits per heavy atom. The van der Waals surface area contributed by atoms with Crippen LogP contribution in [-0.2, 0) is 25.9 Å². The van der Waals surface area contributed by atoms with Crippen LogP contribution in [0.5, 0.6) is 0 Å². The zero-order chi connectivity index (χ0) is 20.4. The average molecular weight is 413 g/mol. The summed E-state index contributed by atoms with van der Waals surface area (Å²) in [4.78, 5) is 14.8. The summed E-state index contributed by atoms with van der Waals surface area (Å²) in [5.41, 5.74) is 3.00. The molecule has 2 aromatic carbocycles. The van der Waals surface area contributed by atoms with E-state index in [0.29, 0.717) is 24.5 Å². The highest BCUT2D eigenvalue weighted by Crippen LogP contribution is 2.33. The minimum absolute atomic E-state index is 0.105. The number of fused-ring (bicyclic) bond motifs is 2. The van der Waals surface area contributed by atoms with Gasteiger partial charge in [0.25, 0.3) is 0 Å². The van der Waals surface area contributed by atoms with Gasteiger partial charge < -0.3 is 9.47 Å². The molecule has 0 saturated carbocycles. The lowest BCUT2D eigenvalue weighted by atomic mass is 9.90. The summed E-state index contributed by atoms with van der Waals surface area (Å²) in [6.07, 6.45) is 3.52. The summed E-state index contributed by atoms with van der Waals surface area (Å²) in [7, 11) is -3.22. The molecule has 2 aliphatic rings. The summed E-state index contributed by atoms with van der Waals surface area (Å²) < 4.78 is 34.5. The molecule has 1 amide bonds. The van der Waals surface area contributed by atoms with E-state index >= 15 is 0 Å². The third kappa shape index (κ3) is 4.36. The molecule has 2 unspecified atom stereocenters. The molecule has 6 nitrogen and oxygen atoms in total. The molecule has 152 valence electrons. The van der Waals surface area contributed by atoms with Crippen molar-refractivity contribution in [3.63, 3.8) is 0 Å². The summed E-state index contributed by atoms with van der Waals surface area (Å²) in [5.74, 6) is 0. The number of carbonyl (C=O) groups is 1. The first-order valence-corrected chi connectivity index (χ1v) is 11.4. The topological polar surface area (TPSA) is 72.9 Å². The number of carbonyl (C=O) groups excluding carboxylic acids is 1. The van der Waals surface area contributed by atoms with Gasteiger partial charge in [-0.2, -0.15) is 0 Å². The van der Waals surface area contributed by atoms with Gasteiger partial charge in [0.2, 0.25) is 0 Å². The van der Waals surface area contributed by atoms with Crippen molar-refractivity contribution < 1.29 is 22.7 Å². The molecule has 2 atom stereocenters. The van der Waals surface area contributed by atoms with Gasteiger partial charge in [0.15, 0.2) is 9.84 Å². The van der Waals surface area contributed by atoms with Crippen molar-refractivity contribution in [3.8, 4) is 0 Å². The van der Waals surface area contributed by atoms with E-state index in [-0.39, 0.29) is 24.8 Å². The predicted molar refractivity (Wildman–Crippen MR) is 109 cm³/mol. The number of ether oxygens (including phenoxy) is 2. The molecule has 0 aromatic heterocycles. The number of nitrogens with zero attached hydrogens (tertiary/aromatic N) is 1. The fraction of sp³-hybridized carbons (Fsp3) is 0.318. The molecule has 29 heavy (non-hydrogen) atoms. The molecule has 1 fully saturated rings. The van der Waals surface area contributed by atoms with Gasteiger partial charge in [-0.05, 0) is 35.3 Å². The number of rotatable bonds is 4. The normalized spacial score (nSPS) is 21.4. The molecular formula is C22H23NO5S. The second-order valence-electron chi connectivity index (χ2n) is 7.40. The number of benzene rings is 2. The van der Waals surface area contributed by atoms with Gasteiger partial charge >= 0.3 is 6.09 Å². The standard InChI is InChI=1S/C22H23NO5S/c1-29(25,26)21-9-7-17(8-10-21)18-11-19-14-27-15-20(12-18)23(19)22(24)28-13-16-5-3-2-4-6-16/h2-11,19-20H,12-15H2,1H3. The molecule has 2 aliphatic heterocycles. The van der Waals surface area contributed by atoms with Gasteiger partial charge in [0.05, 0.1) is 30.2 Å². The Kier molecular flexibility index (Phi) is 5.43. The Morgan fingerprint density at radius 1 is 1.10 bits per heavy atom. The van der Waals surface area contributed by atoms with Crippen LogP contribution >= 0.6 is 0 Å². The van der Waals surface area contributed by atoms with Gasteiger partial charge in [-0.15, -0.1) is 0 Å². The van der Waals surface area contributed by atoms with E-state index < -0.39 is 9.84 Å². The minimum atomic E-state index is -3.22. The molecule has 0 aliphatic carbocycles. The van der Waals surface area contributed by atoms with Gasteiger partial charge in [0.1, 0.15) is 6.61 Å². The molecule has 7 heteroatoms. The van der Waals surface area contributed by atoms with Crippen molar-refractivity contribution in [1.29, 1.82) is 0 Å². The first kappa shape index (κ1) is 19.7. The van der Waals surface area contributed by atoms with Gasteiger partial charge in [-0.25, -0.2) is 13.2 Å². The molecule has 2 aromatic rings. The summed E-state index contributed by atoms with van der Waals surface area (Å²) >= 11 is 0. The van der Waals surface area contributed by atoms with E-state index in [1.807, 2.05) is 48.5 Å². The first-order chi connectivity index (χ1) is 13.9. The van der Waals surface area contributed by atoms with Crippen molar-refractivity contribution in [2.75, 3.05) is 19.5 Å². The summed E-state index contributed by atoms with van der Waals surface area (Å²) in [6, 6.07) is 16.2. The second kappa shape index (κ2) is 8.00. The monoisotopic (exact) mass is 413 g/mol. The van der Waals surface area contributed by atoms with E-state index in [1.54, 1.807) is 17.0 Å². The lowest BCUT2D eigenvalue weighted by Gasteiger charge is -2.43. The lowest BCUT2D eigenvalue weighted by molar-refractivity contribution is -0.0342. The molecule has 2 heterocycles. The summed E-state index contributed by atoms with van der Waals surface area (Å²) in [6.45, 7) is 1.11. The van der Waals surface area contributed by atoms with Crippen LogP contribution in [0.2, 0.25) is 0 Å². The van der Waals surface area contributed by atoms with Crippen LogP contribution < -0.4 is 0 Å². The number of hydrogen-bond acceptors (Lipinski definition) is 5. The Bertz CT molecular complexity index is 1010. The SMILES string of the molecule is CS(=O)(=O)c1ccc(C2=CC3COCC(C2)N3C(=O)OCc2ccccc2)cc1. The van der Waals surface area contributed by atoms with Crippen LogP contribution in [0.1, 0.15) is 17.5 Å². The zero-order valence-corrected chi connectivity index (χ0v) is 17.0. The fourth-order valence-corrected chi connectivity index (χ4v) is 4.44. The molecular weight excluding hydrogens is 390 g/mol. The fourth-order valence-electron chi connectivity index (χ4n) is 3.80. The van der Waals surface area contributed by atoms with E-state index in [9.17, 15) is 13.2 Å². The Balaban J connectivity index is 1.50.